The summed E-state index contributed by atoms with van der Waals surface area (Å²) in [4.78, 5) is 28.7. The number of carbonyl (C=O) groups excluding carboxylic acids is 2. The van der Waals surface area contributed by atoms with E-state index in [1.54, 1.807) is 0 Å². The van der Waals surface area contributed by atoms with E-state index in [2.05, 4.69) is 12.2 Å². The van der Waals surface area contributed by atoms with Crippen LogP contribution in [0.15, 0.2) is 16.8 Å². The maximum absolute atomic E-state index is 12.5. The van der Waals surface area contributed by atoms with Crippen molar-refractivity contribution in [3.05, 3.63) is 22.4 Å². The zero-order chi connectivity index (χ0) is 17.0. The average Bonchev–Trinajstić information content (AvgIpc) is 2.98. The molecule has 1 aliphatic heterocycles. The number of hydrogen-bond donors (Lipinski definition) is 1. The van der Waals surface area contributed by atoms with Crippen molar-refractivity contribution < 1.29 is 9.59 Å². The number of rotatable bonds is 4. The quantitative estimate of drug-likeness (QED) is 0.908. The Morgan fingerprint density at radius 2 is 1.92 bits per heavy atom. The van der Waals surface area contributed by atoms with Gasteiger partial charge in [-0.2, -0.15) is 11.3 Å². The summed E-state index contributed by atoms with van der Waals surface area (Å²) < 4.78 is 0. The Kier molecular flexibility index (Phi) is 5.43. The maximum Gasteiger partial charge on any atom is 0.317 e. The topological polar surface area (TPSA) is 52.7 Å². The molecule has 5 nitrogen and oxygen atoms in total. The summed E-state index contributed by atoms with van der Waals surface area (Å²) in [6, 6.07) is 1.89. The first kappa shape index (κ1) is 17.3. The zero-order valence-corrected chi connectivity index (χ0v) is 15.2. The first-order valence-electron chi connectivity index (χ1n) is 8.98. The van der Waals surface area contributed by atoms with E-state index in [9.17, 15) is 9.59 Å². The largest absolute Gasteiger partial charge is 0.337 e. The van der Waals surface area contributed by atoms with E-state index < -0.39 is 0 Å². The lowest BCUT2D eigenvalue weighted by molar-refractivity contribution is 0.0762. The summed E-state index contributed by atoms with van der Waals surface area (Å²) in [5, 5.41) is 6.95. The third-order valence-corrected chi connectivity index (χ3v) is 6.30. The second-order valence-electron chi connectivity index (χ2n) is 7.01. The van der Waals surface area contributed by atoms with E-state index >= 15 is 0 Å². The minimum Gasteiger partial charge on any atom is -0.337 e. The highest BCUT2D eigenvalue weighted by Gasteiger charge is 2.35. The predicted molar refractivity (Wildman–Crippen MR) is 96.4 cm³/mol. The Bertz CT molecular complexity index is 563. The van der Waals surface area contributed by atoms with Gasteiger partial charge < -0.3 is 15.1 Å². The second-order valence-corrected chi connectivity index (χ2v) is 7.79. The van der Waals surface area contributed by atoms with E-state index in [0.29, 0.717) is 18.5 Å². The number of nitrogens with one attached hydrogen (secondary N) is 1. The van der Waals surface area contributed by atoms with Gasteiger partial charge in [-0.1, -0.05) is 13.3 Å². The summed E-state index contributed by atoms with van der Waals surface area (Å²) in [6.45, 7) is 5.67. The summed E-state index contributed by atoms with van der Waals surface area (Å²) in [7, 11) is 0. The van der Waals surface area contributed by atoms with E-state index in [1.165, 1.54) is 30.6 Å². The Balaban J connectivity index is 1.49. The molecule has 1 saturated heterocycles. The smallest absolute Gasteiger partial charge is 0.317 e. The van der Waals surface area contributed by atoms with E-state index in [1.807, 2.05) is 26.6 Å². The van der Waals surface area contributed by atoms with Crippen LogP contribution in [0.25, 0.3) is 0 Å². The van der Waals surface area contributed by atoms with Crippen molar-refractivity contribution >= 4 is 23.3 Å². The van der Waals surface area contributed by atoms with Gasteiger partial charge in [0.25, 0.3) is 5.91 Å². The molecule has 0 spiro atoms. The van der Waals surface area contributed by atoms with Gasteiger partial charge in [-0.3, -0.25) is 4.79 Å². The molecule has 1 saturated carbocycles. The molecule has 1 aromatic heterocycles. The Morgan fingerprint density at radius 3 is 2.54 bits per heavy atom. The number of carbonyl (C=O) groups is 2. The van der Waals surface area contributed by atoms with Crippen LogP contribution < -0.4 is 5.32 Å². The normalized spacial score (nSPS) is 20.2. The highest BCUT2D eigenvalue weighted by atomic mass is 32.1. The van der Waals surface area contributed by atoms with Crippen molar-refractivity contribution in [1.29, 1.82) is 0 Å². The maximum atomic E-state index is 12.5. The predicted octanol–water partition coefficient (Wildman–Crippen LogP) is 3.19. The second kappa shape index (κ2) is 7.55. The van der Waals surface area contributed by atoms with Gasteiger partial charge in [0.1, 0.15) is 0 Å². The molecule has 0 bridgehead atoms. The van der Waals surface area contributed by atoms with E-state index in [0.717, 1.165) is 38.0 Å². The number of thiophene rings is 1. The molecule has 1 N–H and O–H groups in total. The minimum atomic E-state index is 0.0274. The van der Waals surface area contributed by atoms with Gasteiger partial charge in [0, 0.05) is 38.1 Å². The molecule has 3 rings (SSSR count). The van der Waals surface area contributed by atoms with Crippen molar-refractivity contribution in [2.45, 2.75) is 39.0 Å². The molecule has 24 heavy (non-hydrogen) atoms. The molecule has 0 aromatic carbocycles. The lowest BCUT2D eigenvalue weighted by Crippen LogP contribution is -2.48. The van der Waals surface area contributed by atoms with Gasteiger partial charge in [0.05, 0.1) is 5.56 Å². The SMILES string of the molecule is CCC1(CNC(=O)N2CCCN(C(=O)c3ccsc3)CC2)CCC1. The van der Waals surface area contributed by atoms with Crippen LogP contribution in [-0.2, 0) is 0 Å². The van der Waals surface area contributed by atoms with Gasteiger partial charge in [-0.05, 0) is 42.5 Å². The molecule has 2 heterocycles. The lowest BCUT2D eigenvalue weighted by atomic mass is 9.67. The average molecular weight is 350 g/mol. The number of nitrogens with zero attached hydrogens (tertiary/aromatic N) is 2. The van der Waals surface area contributed by atoms with Crippen LogP contribution in [0.4, 0.5) is 4.79 Å². The molecule has 2 aliphatic rings. The Morgan fingerprint density at radius 1 is 1.17 bits per heavy atom. The van der Waals surface area contributed by atoms with Crippen LogP contribution in [0.1, 0.15) is 49.4 Å². The van der Waals surface area contributed by atoms with Gasteiger partial charge in [-0.15, -0.1) is 0 Å². The van der Waals surface area contributed by atoms with Crippen LogP contribution in [-0.4, -0.2) is 54.5 Å². The number of urea groups is 1. The molecule has 1 aromatic rings. The molecule has 0 radical (unpaired) electrons. The number of amides is 3. The van der Waals surface area contributed by atoms with Gasteiger partial charge in [-0.25, -0.2) is 4.79 Å². The van der Waals surface area contributed by atoms with Gasteiger partial charge in [0.2, 0.25) is 0 Å². The first-order valence-corrected chi connectivity index (χ1v) is 9.92. The van der Waals surface area contributed by atoms with Crippen LogP contribution >= 0.6 is 11.3 Å². The van der Waals surface area contributed by atoms with Crippen LogP contribution in [0, 0.1) is 5.41 Å². The summed E-state index contributed by atoms with van der Waals surface area (Å²) in [5.41, 5.74) is 1.09. The fourth-order valence-corrected chi connectivity index (χ4v) is 4.23. The molecule has 3 amide bonds. The molecule has 0 atom stereocenters. The number of hydrogen-bond acceptors (Lipinski definition) is 3. The molecular formula is C18H27N3O2S. The van der Waals surface area contributed by atoms with E-state index in [4.69, 9.17) is 0 Å². The Hall–Kier alpha value is -1.56. The third kappa shape index (κ3) is 3.74. The van der Waals surface area contributed by atoms with E-state index in [-0.39, 0.29) is 11.9 Å². The van der Waals surface area contributed by atoms with Crippen molar-refractivity contribution in [1.82, 2.24) is 15.1 Å². The van der Waals surface area contributed by atoms with Crippen molar-refractivity contribution in [2.24, 2.45) is 5.41 Å². The zero-order valence-electron chi connectivity index (χ0n) is 14.4. The van der Waals surface area contributed by atoms with Crippen LogP contribution in [0.3, 0.4) is 0 Å². The fraction of sp³-hybridized carbons (Fsp3) is 0.667. The minimum absolute atomic E-state index is 0.0274. The van der Waals surface area contributed by atoms with Crippen molar-refractivity contribution in [2.75, 3.05) is 32.7 Å². The monoisotopic (exact) mass is 349 g/mol. The molecular weight excluding hydrogens is 322 g/mol. The lowest BCUT2D eigenvalue weighted by Gasteiger charge is -2.41. The highest BCUT2D eigenvalue weighted by Crippen LogP contribution is 2.43. The van der Waals surface area contributed by atoms with Crippen LogP contribution in [0.5, 0.6) is 0 Å². The summed E-state index contributed by atoms with van der Waals surface area (Å²) in [6.07, 6.45) is 5.71. The summed E-state index contributed by atoms with van der Waals surface area (Å²) in [5.74, 6) is 0.0814. The van der Waals surface area contributed by atoms with Crippen molar-refractivity contribution in [3.63, 3.8) is 0 Å². The van der Waals surface area contributed by atoms with Gasteiger partial charge >= 0.3 is 6.03 Å². The molecule has 132 valence electrons. The standard InChI is InChI=1S/C18H27N3O2S/c1-2-18(6-3-7-18)14-19-17(23)21-9-4-8-20(10-11-21)16(22)15-5-12-24-13-15/h5,12-13H,2-4,6-11,14H2,1H3,(H,19,23). The molecule has 6 heteroatoms. The molecule has 0 unspecified atom stereocenters. The Labute approximate surface area is 148 Å². The first-order chi connectivity index (χ1) is 11.6. The summed E-state index contributed by atoms with van der Waals surface area (Å²) >= 11 is 1.54. The molecule has 1 aliphatic carbocycles. The van der Waals surface area contributed by atoms with Gasteiger partial charge in [0.15, 0.2) is 0 Å². The molecule has 2 fully saturated rings. The fourth-order valence-electron chi connectivity index (χ4n) is 3.60. The third-order valence-electron chi connectivity index (χ3n) is 5.62. The van der Waals surface area contributed by atoms with Crippen LogP contribution in [0.2, 0.25) is 0 Å². The van der Waals surface area contributed by atoms with Crippen molar-refractivity contribution in [3.8, 4) is 0 Å². The highest BCUT2D eigenvalue weighted by molar-refractivity contribution is 7.08.